The lowest BCUT2D eigenvalue weighted by Gasteiger charge is -2.11. The zero-order chi connectivity index (χ0) is 17.4. The van der Waals surface area contributed by atoms with Gasteiger partial charge in [0, 0.05) is 6.54 Å². The monoisotopic (exact) mass is 326 g/mol. The maximum absolute atomic E-state index is 12.1. The third-order valence-corrected chi connectivity index (χ3v) is 3.39. The van der Waals surface area contributed by atoms with Crippen LogP contribution in [0, 0.1) is 6.92 Å². The maximum atomic E-state index is 12.1. The van der Waals surface area contributed by atoms with Gasteiger partial charge < -0.3 is 15.4 Å². The Hall–Kier alpha value is -2.66. The summed E-state index contributed by atoms with van der Waals surface area (Å²) in [4.78, 5) is 24.0. The molecule has 0 aromatic heterocycles. The first-order valence-corrected chi connectivity index (χ1v) is 7.92. The van der Waals surface area contributed by atoms with Crippen molar-refractivity contribution in [1.82, 2.24) is 5.32 Å². The second-order valence-corrected chi connectivity index (χ2v) is 5.41. The number of rotatable bonds is 7. The van der Waals surface area contributed by atoms with Gasteiger partial charge in [-0.2, -0.15) is 0 Å². The molecule has 0 atom stereocenters. The number of carbonyl (C=O) groups is 2. The van der Waals surface area contributed by atoms with Crippen molar-refractivity contribution < 1.29 is 14.3 Å². The summed E-state index contributed by atoms with van der Waals surface area (Å²) in [5.41, 5.74) is 3.11. The molecule has 126 valence electrons. The molecule has 0 radical (unpaired) electrons. The highest BCUT2D eigenvalue weighted by Gasteiger charge is 2.13. The molecule has 2 N–H and O–H groups in total. The van der Waals surface area contributed by atoms with Crippen LogP contribution in [0.15, 0.2) is 48.5 Å². The number of benzene rings is 2. The van der Waals surface area contributed by atoms with Crippen LogP contribution in [-0.2, 0) is 16.1 Å². The van der Waals surface area contributed by atoms with Gasteiger partial charge in [-0.25, -0.2) is 4.79 Å². The number of carbonyl (C=O) groups excluding carboxylic acids is 2. The van der Waals surface area contributed by atoms with Crippen LogP contribution in [0.4, 0.5) is 5.69 Å². The second kappa shape index (κ2) is 8.84. The molecular formula is C19H22N2O3. The number of nitrogens with one attached hydrogen (secondary N) is 2. The lowest BCUT2D eigenvalue weighted by Crippen LogP contribution is -2.28. The molecule has 0 heterocycles. The molecule has 0 saturated heterocycles. The van der Waals surface area contributed by atoms with E-state index in [1.165, 1.54) is 5.56 Å². The number of para-hydroxylation sites is 1. The zero-order valence-electron chi connectivity index (χ0n) is 14.0. The molecule has 1 amide bonds. The highest BCUT2D eigenvalue weighted by atomic mass is 16.5. The summed E-state index contributed by atoms with van der Waals surface area (Å²) in [5.74, 6) is -0.652. The smallest absolute Gasteiger partial charge is 0.340 e. The first-order chi connectivity index (χ1) is 11.6. The maximum Gasteiger partial charge on any atom is 0.340 e. The quantitative estimate of drug-likeness (QED) is 0.768. The molecule has 0 unspecified atom stereocenters. The molecule has 2 aromatic rings. The van der Waals surface area contributed by atoms with Crippen LogP contribution < -0.4 is 10.6 Å². The standard InChI is InChI=1S/C19H22N2O3/c1-3-24-19(23)16-9-4-5-10-17(16)21-18(22)13-20-12-15-8-6-7-14(2)11-15/h4-11,20H,3,12-13H2,1-2H3,(H,21,22). The highest BCUT2D eigenvalue weighted by Crippen LogP contribution is 2.16. The van der Waals surface area contributed by atoms with E-state index in [4.69, 9.17) is 4.74 Å². The van der Waals surface area contributed by atoms with E-state index in [0.717, 1.165) is 5.56 Å². The lowest BCUT2D eigenvalue weighted by molar-refractivity contribution is -0.115. The van der Waals surface area contributed by atoms with E-state index in [0.29, 0.717) is 24.4 Å². The Bertz CT molecular complexity index is 713. The van der Waals surface area contributed by atoms with Crippen LogP contribution in [0.1, 0.15) is 28.4 Å². The lowest BCUT2D eigenvalue weighted by atomic mass is 10.1. The summed E-state index contributed by atoms with van der Waals surface area (Å²) in [6.07, 6.45) is 0. The second-order valence-electron chi connectivity index (χ2n) is 5.41. The SMILES string of the molecule is CCOC(=O)c1ccccc1NC(=O)CNCc1cccc(C)c1. The van der Waals surface area contributed by atoms with Gasteiger partial charge in [0.1, 0.15) is 0 Å². The molecule has 0 aliphatic heterocycles. The van der Waals surface area contributed by atoms with Crippen LogP contribution in [0.25, 0.3) is 0 Å². The molecule has 0 fully saturated rings. The summed E-state index contributed by atoms with van der Waals surface area (Å²) in [7, 11) is 0. The minimum absolute atomic E-state index is 0.158. The molecule has 2 rings (SSSR count). The molecule has 24 heavy (non-hydrogen) atoms. The Morgan fingerprint density at radius 3 is 2.62 bits per heavy atom. The predicted molar refractivity (Wildman–Crippen MR) is 93.9 cm³/mol. The average Bonchev–Trinajstić information content (AvgIpc) is 2.55. The Balaban J connectivity index is 1.89. The Morgan fingerprint density at radius 2 is 1.88 bits per heavy atom. The van der Waals surface area contributed by atoms with E-state index in [1.54, 1.807) is 31.2 Å². The molecule has 0 bridgehead atoms. The van der Waals surface area contributed by atoms with Gasteiger partial charge in [0.05, 0.1) is 24.4 Å². The molecule has 5 nitrogen and oxygen atoms in total. The van der Waals surface area contributed by atoms with E-state index < -0.39 is 5.97 Å². The van der Waals surface area contributed by atoms with Crippen molar-refractivity contribution in [2.75, 3.05) is 18.5 Å². The van der Waals surface area contributed by atoms with E-state index >= 15 is 0 Å². The van der Waals surface area contributed by atoms with Gasteiger partial charge in [-0.05, 0) is 31.5 Å². The fourth-order valence-corrected chi connectivity index (χ4v) is 2.32. The normalized spacial score (nSPS) is 10.2. The number of esters is 1. The molecule has 0 aliphatic rings. The van der Waals surface area contributed by atoms with E-state index in [2.05, 4.69) is 16.7 Å². The van der Waals surface area contributed by atoms with Gasteiger partial charge >= 0.3 is 5.97 Å². The van der Waals surface area contributed by atoms with Gasteiger partial charge in [0.2, 0.25) is 5.91 Å². The highest BCUT2D eigenvalue weighted by molar-refractivity contribution is 6.01. The first kappa shape index (κ1) is 17.7. The molecule has 5 heteroatoms. The fraction of sp³-hybridized carbons (Fsp3) is 0.263. The minimum atomic E-state index is -0.443. The largest absolute Gasteiger partial charge is 0.462 e. The fourth-order valence-electron chi connectivity index (χ4n) is 2.32. The van der Waals surface area contributed by atoms with Crippen molar-refractivity contribution in [3.63, 3.8) is 0 Å². The third kappa shape index (κ3) is 5.21. The van der Waals surface area contributed by atoms with Crippen molar-refractivity contribution in [3.8, 4) is 0 Å². The van der Waals surface area contributed by atoms with Crippen molar-refractivity contribution in [3.05, 3.63) is 65.2 Å². The van der Waals surface area contributed by atoms with Gasteiger partial charge in [-0.1, -0.05) is 42.0 Å². The van der Waals surface area contributed by atoms with E-state index in [9.17, 15) is 9.59 Å². The molecular weight excluding hydrogens is 304 g/mol. The summed E-state index contributed by atoms with van der Waals surface area (Å²) < 4.78 is 4.99. The van der Waals surface area contributed by atoms with Crippen LogP contribution in [0.2, 0.25) is 0 Å². The Kier molecular flexibility index (Phi) is 6.51. The van der Waals surface area contributed by atoms with Gasteiger partial charge in [-0.15, -0.1) is 0 Å². The van der Waals surface area contributed by atoms with Crippen LogP contribution in [0.5, 0.6) is 0 Å². The topological polar surface area (TPSA) is 67.4 Å². The number of amides is 1. The van der Waals surface area contributed by atoms with Gasteiger partial charge in [0.15, 0.2) is 0 Å². The van der Waals surface area contributed by atoms with Crippen LogP contribution in [0.3, 0.4) is 0 Å². The van der Waals surface area contributed by atoms with E-state index in [-0.39, 0.29) is 12.5 Å². The number of aryl methyl sites for hydroxylation is 1. The Morgan fingerprint density at radius 1 is 1.08 bits per heavy atom. The molecule has 2 aromatic carbocycles. The molecule has 0 saturated carbocycles. The number of hydrogen-bond donors (Lipinski definition) is 2. The summed E-state index contributed by atoms with van der Waals surface area (Å²) in [6, 6.07) is 14.9. The Labute approximate surface area is 142 Å². The van der Waals surface area contributed by atoms with Crippen LogP contribution in [-0.4, -0.2) is 25.0 Å². The number of anilines is 1. The van der Waals surface area contributed by atoms with Gasteiger partial charge in [0.25, 0.3) is 0 Å². The first-order valence-electron chi connectivity index (χ1n) is 7.92. The van der Waals surface area contributed by atoms with Crippen molar-refractivity contribution >= 4 is 17.6 Å². The molecule has 0 spiro atoms. The van der Waals surface area contributed by atoms with E-state index in [1.807, 2.05) is 25.1 Å². The summed E-state index contributed by atoms with van der Waals surface area (Å²) >= 11 is 0. The van der Waals surface area contributed by atoms with Crippen LogP contribution >= 0.6 is 0 Å². The average molecular weight is 326 g/mol. The summed E-state index contributed by atoms with van der Waals surface area (Å²) in [6.45, 7) is 4.83. The minimum Gasteiger partial charge on any atom is -0.462 e. The van der Waals surface area contributed by atoms with Gasteiger partial charge in [-0.3, -0.25) is 4.79 Å². The van der Waals surface area contributed by atoms with Crippen molar-refractivity contribution in [2.24, 2.45) is 0 Å². The number of ether oxygens (including phenoxy) is 1. The third-order valence-electron chi connectivity index (χ3n) is 3.39. The zero-order valence-corrected chi connectivity index (χ0v) is 14.0. The van der Waals surface area contributed by atoms with Crippen molar-refractivity contribution in [1.29, 1.82) is 0 Å². The summed E-state index contributed by atoms with van der Waals surface area (Å²) in [5, 5.41) is 5.84. The predicted octanol–water partition coefficient (Wildman–Crippen LogP) is 2.90. The molecule has 0 aliphatic carbocycles. The van der Waals surface area contributed by atoms with Crippen molar-refractivity contribution in [2.45, 2.75) is 20.4 Å². The number of hydrogen-bond acceptors (Lipinski definition) is 4.